The molecule has 6 bridgehead atoms. The van der Waals surface area contributed by atoms with Crippen LogP contribution in [0.25, 0.3) is 10.8 Å². The number of aromatic nitrogens is 2. The second-order valence-electron chi connectivity index (χ2n) is 10.2. The van der Waals surface area contributed by atoms with Crippen molar-refractivity contribution in [1.82, 2.24) is 14.9 Å². The van der Waals surface area contributed by atoms with Crippen molar-refractivity contribution in [2.45, 2.75) is 38.4 Å². The lowest BCUT2D eigenvalue weighted by molar-refractivity contribution is -0.118. The number of anilines is 1. The number of fused-ring (bicyclic) bond motifs is 7. The van der Waals surface area contributed by atoms with Gasteiger partial charge in [-0.1, -0.05) is 17.9 Å². The van der Waals surface area contributed by atoms with E-state index in [9.17, 15) is 10.1 Å². The summed E-state index contributed by atoms with van der Waals surface area (Å²) < 4.78 is 8.38. The summed E-state index contributed by atoms with van der Waals surface area (Å²) in [5, 5.41) is 15.1. The molecule has 1 atom stereocenters. The van der Waals surface area contributed by atoms with Crippen molar-refractivity contribution >= 4 is 22.4 Å². The van der Waals surface area contributed by atoms with Gasteiger partial charge in [-0.15, -0.1) is 0 Å². The molecule has 0 spiro atoms. The molecule has 1 aromatic heterocycles. The fourth-order valence-electron chi connectivity index (χ4n) is 5.27. The molecule has 1 N–H and O–H groups in total. The van der Waals surface area contributed by atoms with E-state index in [0.29, 0.717) is 42.6 Å². The Morgan fingerprint density at radius 1 is 1.03 bits per heavy atom. The van der Waals surface area contributed by atoms with Crippen LogP contribution < -0.4 is 15.0 Å². The van der Waals surface area contributed by atoms with Gasteiger partial charge in [0, 0.05) is 42.7 Å². The maximum Gasteiger partial charge on any atom is 0.244 e. The maximum absolute atomic E-state index is 13.6. The Balaban J connectivity index is 1.39. The molecule has 1 amide bonds. The van der Waals surface area contributed by atoms with Gasteiger partial charge >= 0.3 is 0 Å². The van der Waals surface area contributed by atoms with Crippen LogP contribution in [0.1, 0.15) is 41.6 Å². The minimum Gasteiger partial charge on any atom is -0.456 e. The third kappa shape index (κ3) is 4.08. The van der Waals surface area contributed by atoms with E-state index in [1.54, 1.807) is 12.4 Å². The summed E-state index contributed by atoms with van der Waals surface area (Å²) in [5.41, 5.74) is 4.24. The lowest BCUT2D eigenvalue weighted by Crippen LogP contribution is -2.38. The molecule has 7 heteroatoms. The molecule has 7 nitrogen and oxygen atoms in total. The van der Waals surface area contributed by atoms with Crippen molar-refractivity contribution in [3.63, 3.8) is 0 Å². The Hall–Kier alpha value is -4.59. The zero-order chi connectivity index (χ0) is 25.6. The van der Waals surface area contributed by atoms with Gasteiger partial charge in [-0.25, -0.2) is 4.98 Å². The molecule has 186 valence electrons. The van der Waals surface area contributed by atoms with Crippen molar-refractivity contribution < 1.29 is 9.53 Å². The number of nitrogens with one attached hydrogen (secondary N) is 1. The van der Waals surface area contributed by atoms with Crippen molar-refractivity contribution in [2.24, 2.45) is 5.92 Å². The first-order chi connectivity index (χ1) is 18.7. The zero-order valence-corrected chi connectivity index (χ0v) is 20.8. The van der Waals surface area contributed by atoms with E-state index in [1.165, 1.54) is 12.8 Å². The van der Waals surface area contributed by atoms with Gasteiger partial charge in [-0.2, -0.15) is 5.26 Å². The fourth-order valence-corrected chi connectivity index (χ4v) is 5.27. The van der Waals surface area contributed by atoms with Crippen LogP contribution in [0.5, 0.6) is 11.5 Å². The molecule has 0 radical (unpaired) electrons. The number of imidazole rings is 1. The van der Waals surface area contributed by atoms with Gasteiger partial charge in [-0.05, 0) is 72.7 Å². The number of nitriles is 1. The van der Waals surface area contributed by atoms with Gasteiger partial charge in [0.2, 0.25) is 5.91 Å². The Morgan fingerprint density at radius 2 is 1.92 bits per heavy atom. The van der Waals surface area contributed by atoms with Crippen LogP contribution in [-0.2, 0) is 17.9 Å². The van der Waals surface area contributed by atoms with Crippen LogP contribution >= 0.6 is 0 Å². The van der Waals surface area contributed by atoms with Gasteiger partial charge in [0.25, 0.3) is 0 Å². The quantitative estimate of drug-likeness (QED) is 0.354. The molecule has 7 rings (SSSR count). The molecule has 1 aliphatic carbocycles. The number of ether oxygens (including phenoxy) is 1. The highest BCUT2D eigenvalue weighted by Crippen LogP contribution is 2.37. The van der Waals surface area contributed by atoms with Crippen LogP contribution in [0.3, 0.4) is 0 Å². The predicted octanol–water partition coefficient (Wildman–Crippen LogP) is 4.72. The van der Waals surface area contributed by atoms with E-state index in [-0.39, 0.29) is 11.9 Å². The first-order valence-electron chi connectivity index (χ1n) is 13.0. The van der Waals surface area contributed by atoms with Crippen LogP contribution in [0.2, 0.25) is 0 Å². The highest BCUT2D eigenvalue weighted by Gasteiger charge is 2.33. The van der Waals surface area contributed by atoms with Crippen LogP contribution in [-0.4, -0.2) is 28.0 Å². The molecular formula is C31H25N5O2. The number of amides is 1. The van der Waals surface area contributed by atoms with Crippen LogP contribution in [0, 0.1) is 29.1 Å². The Labute approximate surface area is 220 Å². The predicted molar refractivity (Wildman–Crippen MR) is 144 cm³/mol. The molecule has 38 heavy (non-hydrogen) atoms. The summed E-state index contributed by atoms with van der Waals surface area (Å²) in [6, 6.07) is 17.5. The summed E-state index contributed by atoms with van der Waals surface area (Å²) in [5.74, 6) is 8.39. The molecule has 0 unspecified atom stereocenters. The molecule has 4 aromatic rings. The van der Waals surface area contributed by atoms with Gasteiger partial charge in [0.1, 0.15) is 17.6 Å². The van der Waals surface area contributed by atoms with Crippen molar-refractivity contribution in [3.05, 3.63) is 83.4 Å². The molecule has 3 heterocycles. The molecular weight excluding hydrogens is 474 g/mol. The second-order valence-corrected chi connectivity index (χ2v) is 10.2. The topological polar surface area (TPSA) is 83.2 Å². The number of nitrogens with zero attached hydrogens (tertiary/aromatic N) is 4. The largest absolute Gasteiger partial charge is 0.456 e. The number of benzene rings is 3. The van der Waals surface area contributed by atoms with Crippen molar-refractivity contribution in [1.29, 1.82) is 5.26 Å². The maximum atomic E-state index is 13.6. The van der Waals surface area contributed by atoms with E-state index in [2.05, 4.69) is 28.2 Å². The smallest absolute Gasteiger partial charge is 0.244 e. The van der Waals surface area contributed by atoms with E-state index in [0.717, 1.165) is 39.7 Å². The summed E-state index contributed by atoms with van der Waals surface area (Å²) in [6.45, 7) is 1.74. The average molecular weight is 500 g/mol. The molecule has 2 fully saturated rings. The molecule has 2 aliphatic heterocycles. The average Bonchev–Trinajstić information content (AvgIpc) is 3.55. The normalized spacial score (nSPS) is 18.4. The Kier molecular flexibility index (Phi) is 5.39. The van der Waals surface area contributed by atoms with E-state index in [4.69, 9.17) is 4.74 Å². The lowest BCUT2D eigenvalue weighted by atomic mass is 10.0. The van der Waals surface area contributed by atoms with Crippen molar-refractivity contribution in [3.8, 4) is 29.4 Å². The number of hydrogen-bond donors (Lipinski definition) is 1. The van der Waals surface area contributed by atoms with Gasteiger partial charge < -0.3 is 19.5 Å². The molecule has 3 aliphatic rings. The highest BCUT2D eigenvalue weighted by atomic mass is 16.5. The minimum atomic E-state index is -0.267. The van der Waals surface area contributed by atoms with Crippen molar-refractivity contribution in [2.75, 3.05) is 11.4 Å². The van der Waals surface area contributed by atoms with Crippen LogP contribution in [0.4, 0.5) is 5.69 Å². The molecule has 1 saturated carbocycles. The number of carbonyl (C=O) groups excluding carboxylic acids is 1. The summed E-state index contributed by atoms with van der Waals surface area (Å²) in [6.07, 6.45) is 6.66. The first kappa shape index (κ1) is 22.6. The van der Waals surface area contributed by atoms with Crippen LogP contribution in [0.15, 0.2) is 61.1 Å². The zero-order valence-electron chi connectivity index (χ0n) is 20.8. The number of carbonyl (C=O) groups is 1. The summed E-state index contributed by atoms with van der Waals surface area (Å²) in [7, 11) is 0. The van der Waals surface area contributed by atoms with E-state index in [1.807, 2.05) is 58.1 Å². The third-order valence-electron chi connectivity index (χ3n) is 7.52. The van der Waals surface area contributed by atoms with E-state index >= 15 is 0 Å². The summed E-state index contributed by atoms with van der Waals surface area (Å²) >= 11 is 0. The monoisotopic (exact) mass is 499 g/mol. The Morgan fingerprint density at radius 3 is 2.79 bits per heavy atom. The number of rotatable bonds is 0. The molecule has 3 aromatic carbocycles. The van der Waals surface area contributed by atoms with Gasteiger partial charge in [-0.3, -0.25) is 4.79 Å². The van der Waals surface area contributed by atoms with E-state index < -0.39 is 0 Å². The van der Waals surface area contributed by atoms with Gasteiger partial charge in [0.05, 0.1) is 29.3 Å². The SMILES string of the molecule is N#Cc1ccc2cc1Oc1ccc3c(C#CC4CC4)ccc(c3c1)N1CC[C@H](NCc3cncn3C2)C1=O. The molecule has 1 saturated heterocycles. The fraction of sp³-hybridized carbons (Fsp3) is 0.258. The standard InChI is InChI=1S/C31H25N5O2/c32-15-23-6-4-21-13-30(23)38-25-8-9-26-22(5-3-20-1-2-20)7-10-29(27(26)14-25)36-12-11-28(31(36)37)34-17-24-16-33-19-35(24)18-21/h4,6-10,13-14,16,19-20,28,34H,1-2,11-12,17-18H2/t28-/m0/s1. The third-order valence-corrected chi connectivity index (χ3v) is 7.52. The lowest BCUT2D eigenvalue weighted by Gasteiger charge is -2.21. The highest BCUT2D eigenvalue weighted by molar-refractivity contribution is 6.08. The first-order valence-corrected chi connectivity index (χ1v) is 13.0. The minimum absolute atomic E-state index is 0.0598. The summed E-state index contributed by atoms with van der Waals surface area (Å²) in [4.78, 5) is 19.8. The van der Waals surface area contributed by atoms with Gasteiger partial charge in [0.15, 0.2) is 0 Å². The second kappa shape index (κ2) is 9.06. The number of hydrogen-bond acceptors (Lipinski definition) is 5. The Bertz CT molecular complexity index is 1700.